The van der Waals surface area contributed by atoms with E-state index < -0.39 is 0 Å². The van der Waals surface area contributed by atoms with Crippen LogP contribution in [0.5, 0.6) is 0 Å². The first-order valence-corrected chi connectivity index (χ1v) is 19.9. The van der Waals surface area contributed by atoms with Gasteiger partial charge in [0.1, 0.15) is 0 Å². The third-order valence-electron chi connectivity index (χ3n) is 11.6. The Labute approximate surface area is 338 Å². The molecule has 0 amide bonds. The molecule has 0 saturated heterocycles. The molecule has 0 bridgehead atoms. The van der Waals surface area contributed by atoms with Gasteiger partial charge in [-0.25, -0.2) is 0 Å². The summed E-state index contributed by atoms with van der Waals surface area (Å²) in [6, 6.07) is 83.7. The molecule has 0 aliphatic heterocycles. The lowest BCUT2D eigenvalue weighted by molar-refractivity contribution is 1.19. The van der Waals surface area contributed by atoms with Crippen LogP contribution in [-0.2, 0) is 0 Å². The van der Waals surface area contributed by atoms with E-state index in [1.165, 1.54) is 76.7 Å². The number of para-hydroxylation sites is 2. The number of anilines is 3. The second kappa shape index (κ2) is 14.1. The molecule has 2 nitrogen and oxygen atoms in total. The van der Waals surface area contributed by atoms with Gasteiger partial charge in [0.2, 0.25) is 0 Å². The summed E-state index contributed by atoms with van der Waals surface area (Å²) in [5.41, 5.74) is 14.1. The van der Waals surface area contributed by atoms with E-state index in [9.17, 15) is 0 Å². The van der Waals surface area contributed by atoms with Gasteiger partial charge in [-0.15, -0.1) is 0 Å². The average Bonchev–Trinajstić information content (AvgIpc) is 3.65. The lowest BCUT2D eigenvalue weighted by Crippen LogP contribution is -2.10. The predicted octanol–water partition coefficient (Wildman–Crippen LogP) is 15.6. The second-order valence-corrected chi connectivity index (χ2v) is 15.0. The lowest BCUT2D eigenvalue weighted by Gasteiger charge is -2.26. The number of rotatable bonds is 7. The maximum atomic E-state index is 2.43. The molecule has 0 N–H and O–H groups in total. The topological polar surface area (TPSA) is 8.17 Å². The van der Waals surface area contributed by atoms with Gasteiger partial charge in [-0.1, -0.05) is 170 Å². The van der Waals surface area contributed by atoms with Crippen LogP contribution in [0.4, 0.5) is 17.1 Å². The van der Waals surface area contributed by atoms with Gasteiger partial charge in [0, 0.05) is 38.9 Å². The van der Waals surface area contributed by atoms with Crippen LogP contribution in [0.25, 0.3) is 82.4 Å². The number of nitrogens with zero attached hydrogens (tertiary/aromatic N) is 2. The van der Waals surface area contributed by atoms with Crippen molar-refractivity contribution in [3.05, 3.63) is 231 Å². The van der Waals surface area contributed by atoms with Gasteiger partial charge in [0.05, 0.1) is 11.0 Å². The zero-order valence-corrected chi connectivity index (χ0v) is 31.8. The van der Waals surface area contributed by atoms with Gasteiger partial charge < -0.3 is 9.47 Å². The SMILES string of the molecule is c1ccc(-c2ccc(N(c3ccc(-c4ccc(-c5ccc6ccccc6c5)cc4)cc3)c3ccc4ccc5c6ccccc6n(-c6ccccc6)c5c4c3)cc2)cc1. The van der Waals surface area contributed by atoms with Gasteiger partial charge in [-0.2, -0.15) is 0 Å². The average molecular weight is 739 g/mol. The summed E-state index contributed by atoms with van der Waals surface area (Å²) in [5, 5.41) is 7.44. The minimum atomic E-state index is 1.10. The highest BCUT2D eigenvalue weighted by molar-refractivity contribution is 6.19. The summed E-state index contributed by atoms with van der Waals surface area (Å²) in [5.74, 6) is 0. The van der Waals surface area contributed by atoms with E-state index in [1.54, 1.807) is 0 Å². The van der Waals surface area contributed by atoms with Crippen molar-refractivity contribution in [2.45, 2.75) is 0 Å². The van der Waals surface area contributed by atoms with Crippen molar-refractivity contribution in [1.82, 2.24) is 4.57 Å². The Balaban J connectivity index is 1.02. The number of hydrogen-bond acceptors (Lipinski definition) is 1. The highest BCUT2D eigenvalue weighted by Gasteiger charge is 2.18. The minimum absolute atomic E-state index is 1.10. The Morgan fingerprint density at radius 3 is 1.45 bits per heavy atom. The van der Waals surface area contributed by atoms with Crippen molar-refractivity contribution >= 4 is 60.4 Å². The fourth-order valence-corrected chi connectivity index (χ4v) is 8.66. The van der Waals surface area contributed by atoms with Crippen LogP contribution in [0.1, 0.15) is 0 Å². The van der Waals surface area contributed by atoms with Crippen LogP contribution in [0, 0.1) is 0 Å². The predicted molar refractivity (Wildman–Crippen MR) is 247 cm³/mol. The van der Waals surface area contributed by atoms with Crippen LogP contribution in [0.15, 0.2) is 231 Å². The quantitative estimate of drug-likeness (QED) is 0.158. The molecule has 0 spiro atoms. The first kappa shape index (κ1) is 33.6. The molecule has 0 aliphatic carbocycles. The van der Waals surface area contributed by atoms with E-state index in [0.29, 0.717) is 0 Å². The third kappa shape index (κ3) is 5.91. The number of aromatic nitrogens is 1. The number of benzene rings is 10. The number of fused-ring (bicyclic) bond motifs is 6. The van der Waals surface area contributed by atoms with Crippen LogP contribution in [-0.4, -0.2) is 4.57 Å². The standard InChI is InChI=1S/C56H38N2/c1-3-11-39(12-4-1)42-25-31-49(32-26-42)57(50-33-27-43(28-34-50)41-19-21-44(22-20-41)47-24-23-40-13-7-8-14-46(40)37-47)51-35-29-45-30-36-53-52-17-9-10-18-55(52)58(56(53)54(45)38-51)48-15-5-2-6-16-48/h1-38H. The van der Waals surface area contributed by atoms with Crippen LogP contribution < -0.4 is 4.90 Å². The van der Waals surface area contributed by atoms with Crippen molar-refractivity contribution in [3.8, 4) is 39.1 Å². The van der Waals surface area contributed by atoms with Crippen LogP contribution in [0.3, 0.4) is 0 Å². The zero-order valence-electron chi connectivity index (χ0n) is 31.8. The molecule has 0 unspecified atom stereocenters. The summed E-state index contributed by atoms with van der Waals surface area (Å²) in [7, 11) is 0. The smallest absolute Gasteiger partial charge is 0.0620 e. The van der Waals surface area contributed by atoms with Crippen molar-refractivity contribution < 1.29 is 0 Å². The fraction of sp³-hybridized carbons (Fsp3) is 0. The Morgan fingerprint density at radius 2 is 0.759 bits per heavy atom. The van der Waals surface area contributed by atoms with E-state index in [-0.39, 0.29) is 0 Å². The zero-order chi connectivity index (χ0) is 38.4. The van der Waals surface area contributed by atoms with E-state index in [1.807, 2.05) is 0 Å². The van der Waals surface area contributed by atoms with Crippen molar-refractivity contribution in [2.24, 2.45) is 0 Å². The van der Waals surface area contributed by atoms with E-state index >= 15 is 0 Å². The molecule has 10 aromatic carbocycles. The molecule has 0 fully saturated rings. The van der Waals surface area contributed by atoms with Gasteiger partial charge in [-0.05, 0) is 110 Å². The number of hydrogen-bond donors (Lipinski definition) is 0. The molecule has 1 aromatic heterocycles. The Morgan fingerprint density at radius 1 is 0.276 bits per heavy atom. The molecule has 1 heterocycles. The first-order valence-electron chi connectivity index (χ1n) is 19.9. The molecular weight excluding hydrogens is 701 g/mol. The summed E-state index contributed by atoms with van der Waals surface area (Å²) < 4.78 is 2.43. The molecule has 0 atom stereocenters. The van der Waals surface area contributed by atoms with E-state index in [0.717, 1.165) is 22.7 Å². The van der Waals surface area contributed by atoms with Gasteiger partial charge in [-0.3, -0.25) is 0 Å². The highest BCUT2D eigenvalue weighted by Crippen LogP contribution is 2.42. The lowest BCUT2D eigenvalue weighted by atomic mass is 9.98. The van der Waals surface area contributed by atoms with Crippen molar-refractivity contribution in [1.29, 1.82) is 0 Å². The van der Waals surface area contributed by atoms with Gasteiger partial charge in [0.15, 0.2) is 0 Å². The monoisotopic (exact) mass is 738 g/mol. The van der Waals surface area contributed by atoms with Crippen LogP contribution >= 0.6 is 0 Å². The van der Waals surface area contributed by atoms with Crippen LogP contribution in [0.2, 0.25) is 0 Å². The van der Waals surface area contributed by atoms with E-state index in [4.69, 9.17) is 0 Å². The molecule has 272 valence electrons. The molecule has 0 aliphatic rings. The van der Waals surface area contributed by atoms with Gasteiger partial charge >= 0.3 is 0 Å². The fourth-order valence-electron chi connectivity index (χ4n) is 8.66. The molecule has 2 heteroatoms. The molecule has 0 saturated carbocycles. The normalized spacial score (nSPS) is 11.4. The summed E-state index contributed by atoms with van der Waals surface area (Å²) in [4.78, 5) is 2.38. The molecule has 11 aromatic rings. The van der Waals surface area contributed by atoms with Crippen molar-refractivity contribution in [2.75, 3.05) is 4.90 Å². The molecule has 0 radical (unpaired) electrons. The van der Waals surface area contributed by atoms with Gasteiger partial charge in [0.25, 0.3) is 0 Å². The third-order valence-corrected chi connectivity index (χ3v) is 11.6. The maximum Gasteiger partial charge on any atom is 0.0620 e. The van der Waals surface area contributed by atoms with E-state index in [2.05, 4.69) is 240 Å². The largest absolute Gasteiger partial charge is 0.310 e. The summed E-state index contributed by atoms with van der Waals surface area (Å²) in [6.07, 6.45) is 0. The Bertz CT molecular complexity index is 3230. The molecule has 58 heavy (non-hydrogen) atoms. The second-order valence-electron chi connectivity index (χ2n) is 15.0. The maximum absolute atomic E-state index is 2.43. The Hall–Kier alpha value is -7.68. The van der Waals surface area contributed by atoms with Crippen molar-refractivity contribution in [3.63, 3.8) is 0 Å². The summed E-state index contributed by atoms with van der Waals surface area (Å²) >= 11 is 0. The highest BCUT2D eigenvalue weighted by atomic mass is 15.1. The Kier molecular flexibility index (Phi) is 8.19. The molecule has 11 rings (SSSR count). The summed E-state index contributed by atoms with van der Waals surface area (Å²) in [6.45, 7) is 0. The first-order chi connectivity index (χ1) is 28.7. The minimum Gasteiger partial charge on any atom is -0.310 e. The molecular formula is C56H38N2.